The van der Waals surface area contributed by atoms with Gasteiger partial charge in [-0.3, -0.25) is 0 Å². The number of benzene rings is 1. The summed E-state index contributed by atoms with van der Waals surface area (Å²) in [7, 11) is 0. The van der Waals surface area contributed by atoms with Gasteiger partial charge in [0.1, 0.15) is 0 Å². The van der Waals surface area contributed by atoms with E-state index in [-0.39, 0.29) is 0 Å². The zero-order chi connectivity index (χ0) is 8.27. The summed E-state index contributed by atoms with van der Waals surface area (Å²) in [6.07, 6.45) is 0. The van der Waals surface area contributed by atoms with Gasteiger partial charge in [-0.15, -0.1) is 0 Å². The maximum atomic E-state index is 2.25. The summed E-state index contributed by atoms with van der Waals surface area (Å²) in [6, 6.07) is 8.97. The topological polar surface area (TPSA) is 0 Å². The summed E-state index contributed by atoms with van der Waals surface area (Å²) in [5.41, 5.74) is 1.44. The van der Waals surface area contributed by atoms with E-state index < -0.39 is 0 Å². The summed E-state index contributed by atoms with van der Waals surface area (Å²) >= 11 is 0.648. The zero-order valence-corrected chi connectivity index (χ0v) is 9.01. The molecule has 0 nitrogen and oxygen atoms in total. The van der Waals surface area contributed by atoms with Gasteiger partial charge in [-0.1, -0.05) is 0 Å². The molecule has 0 aliphatic carbocycles. The standard InChI is InChI=1S/C10H14Se/c1-8(2)9-4-6-10(11-3)7-5-9/h4-8H,1-3H3. The molecule has 0 N–H and O–H groups in total. The van der Waals surface area contributed by atoms with Crippen LogP contribution in [0.1, 0.15) is 25.3 Å². The average molecular weight is 213 g/mol. The van der Waals surface area contributed by atoms with Crippen molar-refractivity contribution in [2.75, 3.05) is 0 Å². The van der Waals surface area contributed by atoms with E-state index in [1.807, 2.05) is 0 Å². The fraction of sp³-hybridized carbons (Fsp3) is 0.400. The third-order valence-electron chi connectivity index (χ3n) is 1.78. The Bertz CT molecular complexity index is 211. The van der Waals surface area contributed by atoms with E-state index in [4.69, 9.17) is 0 Å². The molecule has 0 aliphatic rings. The minimum absolute atomic E-state index is 0.648. The molecular formula is C10H14Se. The van der Waals surface area contributed by atoms with Crippen LogP contribution in [-0.2, 0) is 0 Å². The molecule has 1 heteroatoms. The van der Waals surface area contributed by atoms with Gasteiger partial charge in [-0.2, -0.15) is 0 Å². The molecule has 0 fully saturated rings. The van der Waals surface area contributed by atoms with Crippen LogP contribution in [0.5, 0.6) is 0 Å². The molecule has 1 aromatic carbocycles. The van der Waals surface area contributed by atoms with E-state index in [0.29, 0.717) is 20.9 Å². The van der Waals surface area contributed by atoms with Crippen LogP contribution in [0.3, 0.4) is 0 Å². The second-order valence-electron chi connectivity index (χ2n) is 2.93. The van der Waals surface area contributed by atoms with Crippen LogP contribution in [0.2, 0.25) is 5.82 Å². The Morgan fingerprint density at radius 3 is 2.00 bits per heavy atom. The molecule has 1 aromatic rings. The molecule has 0 unspecified atom stereocenters. The van der Waals surface area contributed by atoms with Crippen LogP contribution in [0.25, 0.3) is 0 Å². The first-order valence-corrected chi connectivity index (χ1v) is 6.45. The van der Waals surface area contributed by atoms with E-state index >= 15 is 0 Å². The van der Waals surface area contributed by atoms with E-state index in [9.17, 15) is 0 Å². The maximum absolute atomic E-state index is 2.25. The van der Waals surface area contributed by atoms with Crippen LogP contribution in [0, 0.1) is 0 Å². The van der Waals surface area contributed by atoms with E-state index in [1.54, 1.807) is 0 Å². The molecule has 0 aromatic heterocycles. The monoisotopic (exact) mass is 214 g/mol. The molecule has 0 heterocycles. The Kier molecular flexibility index (Phi) is 3.16. The number of rotatable bonds is 2. The molecule has 0 saturated carbocycles. The molecule has 1 rings (SSSR count). The SMILES string of the molecule is C[Se]c1ccc(C(C)C)cc1. The molecule has 0 radical (unpaired) electrons. The van der Waals surface area contributed by atoms with Crippen molar-refractivity contribution < 1.29 is 0 Å². The summed E-state index contributed by atoms with van der Waals surface area (Å²) in [5, 5.41) is 0. The van der Waals surface area contributed by atoms with Crippen LogP contribution in [0.4, 0.5) is 0 Å². The fourth-order valence-electron chi connectivity index (χ4n) is 0.989. The van der Waals surface area contributed by atoms with Gasteiger partial charge in [0.05, 0.1) is 0 Å². The van der Waals surface area contributed by atoms with E-state index in [1.165, 1.54) is 10.0 Å². The van der Waals surface area contributed by atoms with Crippen molar-refractivity contribution in [3.05, 3.63) is 29.8 Å². The van der Waals surface area contributed by atoms with Crippen molar-refractivity contribution in [3.63, 3.8) is 0 Å². The van der Waals surface area contributed by atoms with Gasteiger partial charge in [0.15, 0.2) is 0 Å². The Morgan fingerprint density at radius 2 is 1.64 bits per heavy atom. The van der Waals surface area contributed by atoms with Gasteiger partial charge in [0.2, 0.25) is 0 Å². The molecule has 0 amide bonds. The van der Waals surface area contributed by atoms with Crippen LogP contribution >= 0.6 is 0 Å². The van der Waals surface area contributed by atoms with Crippen molar-refractivity contribution in [1.82, 2.24) is 0 Å². The molecule has 11 heavy (non-hydrogen) atoms. The van der Waals surface area contributed by atoms with Crippen molar-refractivity contribution in [3.8, 4) is 0 Å². The van der Waals surface area contributed by atoms with Gasteiger partial charge in [0, 0.05) is 0 Å². The first-order chi connectivity index (χ1) is 5.24. The van der Waals surface area contributed by atoms with Crippen LogP contribution < -0.4 is 4.46 Å². The van der Waals surface area contributed by atoms with E-state index in [2.05, 4.69) is 43.9 Å². The van der Waals surface area contributed by atoms with Crippen molar-refractivity contribution >= 4 is 19.4 Å². The van der Waals surface area contributed by atoms with Gasteiger partial charge >= 0.3 is 74.8 Å². The third kappa shape index (κ3) is 2.35. The van der Waals surface area contributed by atoms with Gasteiger partial charge < -0.3 is 0 Å². The third-order valence-corrected chi connectivity index (χ3v) is 3.34. The fourth-order valence-corrected chi connectivity index (χ4v) is 1.85. The molecular weight excluding hydrogens is 199 g/mol. The first kappa shape index (κ1) is 8.83. The Balaban J connectivity index is 2.83. The molecule has 0 bridgehead atoms. The molecule has 0 saturated heterocycles. The van der Waals surface area contributed by atoms with Crippen molar-refractivity contribution in [2.45, 2.75) is 25.6 Å². The summed E-state index contributed by atoms with van der Waals surface area (Å²) < 4.78 is 1.49. The number of hydrogen-bond donors (Lipinski definition) is 0. The van der Waals surface area contributed by atoms with Crippen LogP contribution in [0.15, 0.2) is 24.3 Å². The second kappa shape index (κ2) is 3.94. The van der Waals surface area contributed by atoms with Gasteiger partial charge in [-0.05, 0) is 0 Å². The van der Waals surface area contributed by atoms with Crippen molar-refractivity contribution in [1.29, 1.82) is 0 Å². The Hall–Kier alpha value is -0.261. The molecule has 0 aliphatic heterocycles. The second-order valence-corrected chi connectivity index (χ2v) is 4.77. The van der Waals surface area contributed by atoms with Gasteiger partial charge in [0.25, 0.3) is 0 Å². The molecule has 0 spiro atoms. The number of hydrogen-bond acceptors (Lipinski definition) is 0. The summed E-state index contributed by atoms with van der Waals surface area (Å²) in [6.45, 7) is 4.46. The quantitative estimate of drug-likeness (QED) is 0.660. The normalized spacial score (nSPS) is 10.5. The zero-order valence-electron chi connectivity index (χ0n) is 7.29. The summed E-state index contributed by atoms with van der Waals surface area (Å²) in [5.74, 6) is 2.91. The minimum atomic E-state index is 0.648. The van der Waals surface area contributed by atoms with Crippen molar-refractivity contribution in [2.24, 2.45) is 0 Å². The Labute approximate surface area is 75.2 Å². The molecule has 0 atom stereocenters. The van der Waals surface area contributed by atoms with Gasteiger partial charge in [-0.25, -0.2) is 0 Å². The Morgan fingerprint density at radius 1 is 1.09 bits per heavy atom. The molecule has 60 valence electrons. The van der Waals surface area contributed by atoms with Crippen LogP contribution in [-0.4, -0.2) is 15.0 Å². The summed E-state index contributed by atoms with van der Waals surface area (Å²) in [4.78, 5) is 0. The first-order valence-electron chi connectivity index (χ1n) is 3.88. The predicted octanol–water partition coefficient (Wildman–Crippen LogP) is 2.19. The average Bonchev–Trinajstić information content (AvgIpc) is 2.05. The predicted molar refractivity (Wildman–Crippen MR) is 51.8 cm³/mol. The van der Waals surface area contributed by atoms with E-state index in [0.717, 1.165) is 0 Å².